The summed E-state index contributed by atoms with van der Waals surface area (Å²) in [6, 6.07) is 10.7. The van der Waals surface area contributed by atoms with Gasteiger partial charge >= 0.3 is 0 Å². The molecule has 0 aromatic heterocycles. The van der Waals surface area contributed by atoms with Crippen molar-refractivity contribution in [2.45, 2.75) is 52.0 Å². The molecule has 1 aromatic rings. The number of rotatable bonds is 5. The van der Waals surface area contributed by atoms with E-state index in [1.165, 1.54) is 5.56 Å². The maximum atomic E-state index is 11.3. The fourth-order valence-electron chi connectivity index (χ4n) is 2.20. The minimum Gasteiger partial charge on any atom is -0.354 e. The lowest BCUT2D eigenvalue weighted by Gasteiger charge is -2.29. The van der Waals surface area contributed by atoms with Crippen LogP contribution in [0.2, 0.25) is 0 Å². The Labute approximate surface area is 104 Å². The molecule has 2 nitrogen and oxygen atoms in total. The third-order valence-electron chi connectivity index (χ3n) is 3.10. The van der Waals surface area contributed by atoms with Gasteiger partial charge in [0, 0.05) is 12.5 Å². The van der Waals surface area contributed by atoms with Crippen LogP contribution in [-0.2, 0) is 10.2 Å². The van der Waals surface area contributed by atoms with Crippen LogP contribution in [0.3, 0.4) is 0 Å². The summed E-state index contributed by atoms with van der Waals surface area (Å²) in [4.78, 5) is 11.3. The zero-order valence-electron chi connectivity index (χ0n) is 11.3. The van der Waals surface area contributed by atoms with E-state index in [-0.39, 0.29) is 17.4 Å². The van der Waals surface area contributed by atoms with Gasteiger partial charge in [0.25, 0.3) is 0 Å². The zero-order chi connectivity index (χ0) is 12.9. The molecule has 1 amide bonds. The average molecular weight is 233 g/mol. The molecule has 1 N–H and O–H groups in total. The lowest BCUT2D eigenvalue weighted by Crippen LogP contribution is -2.36. The molecule has 0 aliphatic rings. The molecule has 2 heteroatoms. The van der Waals surface area contributed by atoms with Crippen LogP contribution in [0, 0.1) is 0 Å². The third kappa shape index (κ3) is 4.22. The number of carbonyl (C=O) groups excluding carboxylic acids is 1. The lowest BCUT2D eigenvalue weighted by molar-refractivity contribution is -0.121. The van der Waals surface area contributed by atoms with Crippen LogP contribution >= 0.6 is 0 Å². The highest BCUT2D eigenvalue weighted by Gasteiger charge is 2.23. The fraction of sp³-hybridized carbons (Fsp3) is 0.533. The second-order valence-electron chi connectivity index (χ2n) is 5.28. The Morgan fingerprint density at radius 2 is 1.88 bits per heavy atom. The molecule has 1 aromatic carbocycles. The number of nitrogens with one attached hydrogen (secondary N) is 1. The highest BCUT2D eigenvalue weighted by molar-refractivity contribution is 5.75. The Kier molecular flexibility index (Phi) is 4.73. The molecule has 94 valence electrons. The first-order valence-electron chi connectivity index (χ1n) is 6.30. The Hall–Kier alpha value is -1.31. The second-order valence-corrected chi connectivity index (χ2v) is 5.28. The van der Waals surface area contributed by atoms with Gasteiger partial charge in [-0.25, -0.2) is 0 Å². The number of carbonyl (C=O) groups is 1. The molecule has 0 aliphatic carbocycles. The quantitative estimate of drug-likeness (QED) is 0.831. The lowest BCUT2D eigenvalue weighted by atomic mass is 9.79. The molecule has 0 spiro atoms. The smallest absolute Gasteiger partial charge is 0.219 e. The summed E-state index contributed by atoms with van der Waals surface area (Å²) in [5.41, 5.74) is 1.40. The van der Waals surface area contributed by atoms with Gasteiger partial charge in [-0.15, -0.1) is 0 Å². The predicted octanol–water partition coefficient (Wildman–Crippen LogP) is 3.27. The number of hydrogen-bond acceptors (Lipinski definition) is 1. The van der Waals surface area contributed by atoms with Crippen LogP contribution in [-0.4, -0.2) is 11.9 Å². The largest absolute Gasteiger partial charge is 0.354 e. The van der Waals surface area contributed by atoms with Crippen LogP contribution in [0.15, 0.2) is 30.3 Å². The summed E-state index contributed by atoms with van der Waals surface area (Å²) < 4.78 is 0. The molecule has 0 bridgehead atoms. The van der Waals surface area contributed by atoms with Crippen LogP contribution in [0.1, 0.15) is 46.1 Å². The SMILES string of the molecule is CCC(=O)NC(C)CC(C)(C)c1ccccc1. The van der Waals surface area contributed by atoms with Gasteiger partial charge in [-0.1, -0.05) is 51.1 Å². The minimum atomic E-state index is 0.0850. The zero-order valence-corrected chi connectivity index (χ0v) is 11.3. The highest BCUT2D eigenvalue weighted by Crippen LogP contribution is 2.28. The van der Waals surface area contributed by atoms with E-state index in [1.807, 2.05) is 13.0 Å². The van der Waals surface area contributed by atoms with Crippen molar-refractivity contribution in [1.29, 1.82) is 0 Å². The van der Waals surface area contributed by atoms with Gasteiger partial charge in [-0.2, -0.15) is 0 Å². The van der Waals surface area contributed by atoms with E-state index in [4.69, 9.17) is 0 Å². The molecule has 0 heterocycles. The van der Waals surface area contributed by atoms with Gasteiger partial charge in [-0.05, 0) is 24.3 Å². The Bertz CT molecular complexity index is 356. The molecule has 0 radical (unpaired) electrons. The number of benzene rings is 1. The number of hydrogen-bond donors (Lipinski definition) is 1. The normalized spacial score (nSPS) is 13.2. The van der Waals surface area contributed by atoms with Crippen LogP contribution < -0.4 is 5.32 Å². The maximum Gasteiger partial charge on any atom is 0.219 e. The van der Waals surface area contributed by atoms with Gasteiger partial charge < -0.3 is 5.32 Å². The fourth-order valence-corrected chi connectivity index (χ4v) is 2.20. The van der Waals surface area contributed by atoms with Crippen molar-refractivity contribution in [3.8, 4) is 0 Å². The molecule has 0 saturated heterocycles. The molecule has 1 unspecified atom stereocenters. The first-order valence-corrected chi connectivity index (χ1v) is 6.30. The van der Waals surface area contributed by atoms with Gasteiger partial charge in [0.1, 0.15) is 0 Å². The molecule has 1 rings (SSSR count). The first kappa shape index (κ1) is 13.8. The van der Waals surface area contributed by atoms with E-state index >= 15 is 0 Å². The van der Waals surface area contributed by atoms with Crippen molar-refractivity contribution in [2.24, 2.45) is 0 Å². The molecule has 0 saturated carbocycles. The summed E-state index contributed by atoms with van der Waals surface area (Å²) in [6.07, 6.45) is 1.50. The van der Waals surface area contributed by atoms with Crippen LogP contribution in [0.25, 0.3) is 0 Å². The monoisotopic (exact) mass is 233 g/mol. The summed E-state index contributed by atoms with van der Waals surface area (Å²) in [7, 11) is 0. The molecule has 0 fully saturated rings. The standard InChI is InChI=1S/C15H23NO/c1-5-14(17)16-12(2)11-15(3,4)13-9-7-6-8-10-13/h6-10,12H,5,11H2,1-4H3,(H,16,17). The van der Waals surface area contributed by atoms with Crippen molar-refractivity contribution < 1.29 is 4.79 Å². The van der Waals surface area contributed by atoms with Crippen LogP contribution in [0.5, 0.6) is 0 Å². The Morgan fingerprint density at radius 3 is 2.41 bits per heavy atom. The van der Waals surface area contributed by atoms with E-state index in [2.05, 4.69) is 50.4 Å². The van der Waals surface area contributed by atoms with Crippen molar-refractivity contribution in [3.05, 3.63) is 35.9 Å². The molecule has 17 heavy (non-hydrogen) atoms. The third-order valence-corrected chi connectivity index (χ3v) is 3.10. The van der Waals surface area contributed by atoms with Crippen molar-refractivity contribution in [2.75, 3.05) is 0 Å². The molecular formula is C15H23NO. The van der Waals surface area contributed by atoms with Crippen molar-refractivity contribution >= 4 is 5.91 Å². The highest BCUT2D eigenvalue weighted by atomic mass is 16.1. The van der Waals surface area contributed by atoms with Crippen LogP contribution in [0.4, 0.5) is 0 Å². The first-order chi connectivity index (χ1) is 7.95. The maximum absolute atomic E-state index is 11.3. The van der Waals surface area contributed by atoms with Gasteiger partial charge in [-0.3, -0.25) is 4.79 Å². The minimum absolute atomic E-state index is 0.0850. The van der Waals surface area contributed by atoms with Gasteiger partial charge in [0.05, 0.1) is 0 Å². The Balaban J connectivity index is 2.63. The van der Waals surface area contributed by atoms with Gasteiger partial charge in [0.15, 0.2) is 0 Å². The second kappa shape index (κ2) is 5.85. The molecular weight excluding hydrogens is 210 g/mol. The number of amides is 1. The predicted molar refractivity (Wildman–Crippen MR) is 72.0 cm³/mol. The van der Waals surface area contributed by atoms with E-state index < -0.39 is 0 Å². The topological polar surface area (TPSA) is 29.1 Å². The molecule has 1 atom stereocenters. The van der Waals surface area contributed by atoms with E-state index in [0.717, 1.165) is 6.42 Å². The summed E-state index contributed by atoms with van der Waals surface area (Å²) >= 11 is 0. The van der Waals surface area contributed by atoms with Crippen molar-refractivity contribution in [3.63, 3.8) is 0 Å². The van der Waals surface area contributed by atoms with Gasteiger partial charge in [0.2, 0.25) is 5.91 Å². The molecule has 0 aliphatic heterocycles. The van der Waals surface area contributed by atoms with E-state index in [9.17, 15) is 4.79 Å². The summed E-state index contributed by atoms with van der Waals surface area (Å²) in [5.74, 6) is 0.126. The summed E-state index contributed by atoms with van der Waals surface area (Å²) in [5, 5.41) is 3.02. The Morgan fingerprint density at radius 1 is 1.29 bits per heavy atom. The van der Waals surface area contributed by atoms with Crippen molar-refractivity contribution in [1.82, 2.24) is 5.32 Å². The summed E-state index contributed by atoms with van der Waals surface area (Å²) in [6.45, 7) is 8.39. The van der Waals surface area contributed by atoms with E-state index in [0.29, 0.717) is 6.42 Å². The van der Waals surface area contributed by atoms with E-state index in [1.54, 1.807) is 0 Å². The average Bonchev–Trinajstić information content (AvgIpc) is 2.29.